The van der Waals surface area contributed by atoms with E-state index in [1.54, 1.807) is 0 Å². The van der Waals surface area contributed by atoms with E-state index >= 15 is 0 Å². The fourth-order valence-electron chi connectivity index (χ4n) is 1.52. The monoisotopic (exact) mass is 198 g/mol. The van der Waals surface area contributed by atoms with E-state index in [1.807, 2.05) is 13.4 Å². The van der Waals surface area contributed by atoms with Crippen LogP contribution in [0.5, 0.6) is 0 Å². The zero-order valence-corrected chi connectivity index (χ0v) is 10.9. The Bertz CT molecular complexity index is 165. The van der Waals surface area contributed by atoms with Gasteiger partial charge in [-0.2, -0.15) is 0 Å². The molecule has 0 aromatic rings. The largest absolute Gasteiger partial charge is 0.362 e. The molecule has 0 atom stereocenters. The second kappa shape index (κ2) is 4.81. The molecule has 84 valence electrons. The Kier molecular flexibility index (Phi) is 4.63. The van der Waals surface area contributed by atoms with E-state index in [0.717, 1.165) is 13.1 Å². The van der Waals surface area contributed by atoms with Crippen molar-refractivity contribution in [2.24, 2.45) is 15.8 Å². The van der Waals surface area contributed by atoms with E-state index in [4.69, 9.17) is 0 Å². The normalized spacial score (nSPS) is 13.6. The molecule has 0 aliphatic heterocycles. The van der Waals surface area contributed by atoms with E-state index in [0.29, 0.717) is 10.8 Å². The van der Waals surface area contributed by atoms with Crippen LogP contribution in [0.25, 0.3) is 0 Å². The second-order valence-electron chi connectivity index (χ2n) is 6.40. The molecule has 0 radical (unpaired) electrons. The fraction of sp³-hybridized carbons (Fsp3) is 0.917. The Hall–Kier alpha value is -0.530. The molecule has 0 aromatic carbocycles. The van der Waals surface area contributed by atoms with Crippen LogP contribution in [0.15, 0.2) is 4.99 Å². The predicted octanol–water partition coefficient (Wildman–Crippen LogP) is 3.04. The minimum absolute atomic E-state index is 0.326. The van der Waals surface area contributed by atoms with Gasteiger partial charge in [-0.15, -0.1) is 0 Å². The average molecular weight is 198 g/mol. The lowest BCUT2D eigenvalue weighted by atomic mass is 9.92. The minimum atomic E-state index is 0.326. The molecule has 0 aliphatic rings. The summed E-state index contributed by atoms with van der Waals surface area (Å²) in [6.45, 7) is 15.7. The number of hydrogen-bond acceptors (Lipinski definition) is 1. The number of aliphatic imine (C=N–C) groups is 1. The highest BCUT2D eigenvalue weighted by molar-refractivity contribution is 5.54. The molecule has 0 saturated carbocycles. The summed E-state index contributed by atoms with van der Waals surface area (Å²) in [4.78, 5) is 6.41. The van der Waals surface area contributed by atoms with Crippen molar-refractivity contribution in [3.05, 3.63) is 0 Å². The quantitative estimate of drug-likeness (QED) is 0.503. The number of hydrogen-bond donors (Lipinski definition) is 0. The molecule has 0 saturated heterocycles. The first kappa shape index (κ1) is 13.5. The van der Waals surface area contributed by atoms with Crippen molar-refractivity contribution in [3.8, 4) is 0 Å². The fourth-order valence-corrected chi connectivity index (χ4v) is 1.52. The number of nitrogens with zero attached hydrogens (tertiary/aromatic N) is 2. The first-order chi connectivity index (χ1) is 6.14. The van der Waals surface area contributed by atoms with Crippen LogP contribution in [0.3, 0.4) is 0 Å². The van der Waals surface area contributed by atoms with Crippen molar-refractivity contribution in [3.63, 3.8) is 0 Å². The molecule has 0 rings (SSSR count). The standard InChI is InChI=1S/C12H26N2/c1-11(2,3)8-14(10-13-7)9-12(4,5)6/h10H,8-9H2,1-7H3. The Balaban J connectivity index is 4.31. The van der Waals surface area contributed by atoms with Gasteiger partial charge in [0.25, 0.3) is 0 Å². The number of rotatable bonds is 3. The molecule has 2 heteroatoms. The molecule has 0 amide bonds. The summed E-state index contributed by atoms with van der Waals surface area (Å²) in [5, 5.41) is 0. The minimum Gasteiger partial charge on any atom is -0.362 e. The van der Waals surface area contributed by atoms with Crippen molar-refractivity contribution < 1.29 is 0 Å². The molecular formula is C12H26N2. The molecule has 2 nitrogen and oxygen atoms in total. The highest BCUT2D eigenvalue weighted by Crippen LogP contribution is 2.19. The van der Waals surface area contributed by atoms with Crippen LogP contribution in [-0.4, -0.2) is 31.4 Å². The van der Waals surface area contributed by atoms with Crippen LogP contribution in [0.2, 0.25) is 0 Å². The Morgan fingerprint density at radius 2 is 1.29 bits per heavy atom. The Morgan fingerprint density at radius 3 is 1.50 bits per heavy atom. The summed E-state index contributed by atoms with van der Waals surface area (Å²) in [6, 6.07) is 0. The molecule has 14 heavy (non-hydrogen) atoms. The molecular weight excluding hydrogens is 172 g/mol. The van der Waals surface area contributed by atoms with Gasteiger partial charge in [-0.3, -0.25) is 4.99 Å². The van der Waals surface area contributed by atoms with Crippen LogP contribution < -0.4 is 0 Å². The van der Waals surface area contributed by atoms with Crippen molar-refractivity contribution in [2.75, 3.05) is 20.1 Å². The van der Waals surface area contributed by atoms with Gasteiger partial charge in [0.1, 0.15) is 0 Å². The highest BCUT2D eigenvalue weighted by Gasteiger charge is 2.19. The summed E-state index contributed by atoms with van der Waals surface area (Å²) >= 11 is 0. The Labute approximate surface area is 89.4 Å². The summed E-state index contributed by atoms with van der Waals surface area (Å²) < 4.78 is 0. The van der Waals surface area contributed by atoms with E-state index < -0.39 is 0 Å². The third-order valence-electron chi connectivity index (χ3n) is 1.63. The SMILES string of the molecule is CN=CN(CC(C)(C)C)CC(C)(C)C. The molecule has 0 N–H and O–H groups in total. The summed E-state index contributed by atoms with van der Waals surface area (Å²) in [5.74, 6) is 0. The molecule has 0 bridgehead atoms. The van der Waals surface area contributed by atoms with Crippen LogP contribution >= 0.6 is 0 Å². The van der Waals surface area contributed by atoms with Gasteiger partial charge in [0.05, 0.1) is 6.34 Å². The lowest BCUT2D eigenvalue weighted by Crippen LogP contribution is -2.37. The van der Waals surface area contributed by atoms with E-state index in [-0.39, 0.29) is 0 Å². The molecule has 0 unspecified atom stereocenters. The molecule has 0 heterocycles. The van der Waals surface area contributed by atoms with Gasteiger partial charge in [-0.25, -0.2) is 0 Å². The third kappa shape index (κ3) is 8.09. The molecule has 0 spiro atoms. The average Bonchev–Trinajstić information content (AvgIpc) is 1.78. The van der Waals surface area contributed by atoms with Gasteiger partial charge >= 0.3 is 0 Å². The molecule has 0 fully saturated rings. The van der Waals surface area contributed by atoms with Crippen molar-refractivity contribution in [1.82, 2.24) is 4.90 Å². The van der Waals surface area contributed by atoms with Gasteiger partial charge in [-0.05, 0) is 10.8 Å². The lowest BCUT2D eigenvalue weighted by molar-refractivity contribution is 0.219. The maximum absolute atomic E-state index is 4.11. The van der Waals surface area contributed by atoms with E-state index in [2.05, 4.69) is 51.4 Å². The maximum atomic E-state index is 4.11. The predicted molar refractivity (Wildman–Crippen MR) is 64.9 cm³/mol. The first-order valence-electron chi connectivity index (χ1n) is 5.30. The van der Waals surface area contributed by atoms with Crippen molar-refractivity contribution in [1.29, 1.82) is 0 Å². The van der Waals surface area contributed by atoms with Crippen LogP contribution in [0.1, 0.15) is 41.5 Å². The molecule has 0 aliphatic carbocycles. The Morgan fingerprint density at radius 1 is 0.929 bits per heavy atom. The highest BCUT2D eigenvalue weighted by atomic mass is 15.2. The first-order valence-corrected chi connectivity index (χ1v) is 5.30. The lowest BCUT2D eigenvalue weighted by Gasteiger charge is -2.33. The van der Waals surface area contributed by atoms with E-state index in [9.17, 15) is 0 Å². The second-order valence-corrected chi connectivity index (χ2v) is 6.40. The van der Waals surface area contributed by atoms with Gasteiger partial charge in [0.2, 0.25) is 0 Å². The third-order valence-corrected chi connectivity index (χ3v) is 1.63. The van der Waals surface area contributed by atoms with Gasteiger partial charge < -0.3 is 4.90 Å². The van der Waals surface area contributed by atoms with Crippen molar-refractivity contribution >= 4 is 6.34 Å². The van der Waals surface area contributed by atoms with Gasteiger partial charge in [-0.1, -0.05) is 41.5 Å². The summed E-state index contributed by atoms with van der Waals surface area (Å²) in [6.07, 6.45) is 1.95. The van der Waals surface area contributed by atoms with Crippen molar-refractivity contribution in [2.45, 2.75) is 41.5 Å². The van der Waals surface area contributed by atoms with Gasteiger partial charge in [0.15, 0.2) is 0 Å². The zero-order valence-electron chi connectivity index (χ0n) is 10.9. The summed E-state index contributed by atoms with van der Waals surface area (Å²) in [7, 11) is 1.83. The van der Waals surface area contributed by atoms with Crippen LogP contribution in [0.4, 0.5) is 0 Å². The smallest absolute Gasteiger partial charge is 0.0846 e. The molecule has 0 aromatic heterocycles. The van der Waals surface area contributed by atoms with E-state index in [1.165, 1.54) is 0 Å². The maximum Gasteiger partial charge on any atom is 0.0846 e. The van der Waals surface area contributed by atoms with Gasteiger partial charge in [0, 0.05) is 20.1 Å². The topological polar surface area (TPSA) is 15.6 Å². The van der Waals surface area contributed by atoms with Crippen LogP contribution in [-0.2, 0) is 0 Å². The van der Waals surface area contributed by atoms with Crippen LogP contribution in [0, 0.1) is 10.8 Å². The zero-order chi connectivity index (χ0) is 11.4. The summed E-state index contributed by atoms with van der Waals surface area (Å²) in [5.41, 5.74) is 0.652.